The van der Waals surface area contributed by atoms with Gasteiger partial charge in [-0.05, 0) is 28.7 Å². The molecule has 0 saturated heterocycles. The van der Waals surface area contributed by atoms with E-state index < -0.39 is 6.03 Å². The van der Waals surface area contributed by atoms with Crippen LogP contribution in [0.15, 0.2) is 89.9 Å². The summed E-state index contributed by atoms with van der Waals surface area (Å²) in [7, 11) is 1.50. The number of urea groups is 1. The lowest BCUT2D eigenvalue weighted by atomic mass is 9.91. The molecular formula is C26H29N5O2. The van der Waals surface area contributed by atoms with Crippen molar-refractivity contribution < 1.29 is 9.59 Å². The van der Waals surface area contributed by atoms with Gasteiger partial charge < -0.3 is 16.4 Å². The Kier molecular flexibility index (Phi) is 8.59. The first kappa shape index (κ1) is 23.5. The maximum atomic E-state index is 13.2. The van der Waals surface area contributed by atoms with Crippen molar-refractivity contribution in [2.24, 2.45) is 10.7 Å². The quantitative estimate of drug-likeness (QED) is 0.317. The number of guanidine groups is 1. The van der Waals surface area contributed by atoms with Crippen molar-refractivity contribution in [3.63, 3.8) is 0 Å². The van der Waals surface area contributed by atoms with Crippen LogP contribution in [-0.4, -0.2) is 24.9 Å². The monoisotopic (exact) mass is 443 g/mol. The van der Waals surface area contributed by atoms with Gasteiger partial charge in [-0.2, -0.15) is 0 Å². The summed E-state index contributed by atoms with van der Waals surface area (Å²) in [5, 5.41) is 7.92. The Hall–Kier alpha value is -4.13. The summed E-state index contributed by atoms with van der Waals surface area (Å²) in [6, 6.07) is 27.2. The molecule has 170 valence electrons. The first-order valence-corrected chi connectivity index (χ1v) is 10.8. The topological polar surface area (TPSA) is 109 Å². The van der Waals surface area contributed by atoms with Crippen molar-refractivity contribution in [1.82, 2.24) is 16.0 Å². The van der Waals surface area contributed by atoms with Crippen LogP contribution >= 0.6 is 0 Å². The lowest BCUT2D eigenvalue weighted by molar-refractivity contribution is -0.122. The molecule has 0 aliphatic rings. The van der Waals surface area contributed by atoms with E-state index in [0.29, 0.717) is 19.5 Å². The van der Waals surface area contributed by atoms with E-state index in [2.05, 4.69) is 20.9 Å². The third kappa shape index (κ3) is 7.50. The maximum Gasteiger partial charge on any atom is 0.321 e. The van der Waals surface area contributed by atoms with Gasteiger partial charge in [-0.25, -0.2) is 9.79 Å². The molecule has 1 atom stereocenters. The van der Waals surface area contributed by atoms with E-state index in [1.54, 1.807) is 0 Å². The molecular weight excluding hydrogens is 414 g/mol. The zero-order valence-corrected chi connectivity index (χ0v) is 18.6. The van der Waals surface area contributed by atoms with E-state index in [1.165, 1.54) is 7.05 Å². The Labute approximate surface area is 194 Å². The highest BCUT2D eigenvalue weighted by Gasteiger charge is 2.20. The number of aliphatic imine (C=N–C) groups is 1. The Balaban J connectivity index is 1.64. The molecule has 0 aromatic heterocycles. The second-order valence-electron chi connectivity index (χ2n) is 7.60. The minimum atomic E-state index is -0.420. The van der Waals surface area contributed by atoms with Gasteiger partial charge in [0.25, 0.3) is 0 Å². The molecule has 0 radical (unpaired) electrons. The fraction of sp³-hybridized carbons (Fsp3) is 0.192. The molecule has 3 rings (SSSR count). The first-order valence-electron chi connectivity index (χ1n) is 10.8. The highest BCUT2D eigenvalue weighted by molar-refractivity contribution is 5.95. The fourth-order valence-electron chi connectivity index (χ4n) is 3.44. The minimum absolute atomic E-state index is 0.0208. The highest BCUT2D eigenvalue weighted by Crippen LogP contribution is 2.21. The predicted molar refractivity (Wildman–Crippen MR) is 131 cm³/mol. The molecule has 0 fully saturated rings. The molecule has 5 N–H and O–H groups in total. The molecule has 0 aliphatic carbocycles. The van der Waals surface area contributed by atoms with Crippen molar-refractivity contribution in [2.45, 2.75) is 25.4 Å². The van der Waals surface area contributed by atoms with Gasteiger partial charge in [0, 0.05) is 13.6 Å². The van der Waals surface area contributed by atoms with Gasteiger partial charge in [0.15, 0.2) is 5.96 Å². The number of rotatable bonds is 8. The van der Waals surface area contributed by atoms with Gasteiger partial charge in [0.05, 0.1) is 12.5 Å². The number of hydrogen-bond donors (Lipinski definition) is 4. The Bertz CT molecular complexity index is 1080. The summed E-state index contributed by atoms with van der Waals surface area (Å²) in [6.07, 6.45) is 0.628. The van der Waals surface area contributed by atoms with Crippen LogP contribution in [-0.2, 0) is 24.3 Å². The van der Waals surface area contributed by atoms with Gasteiger partial charge in [0.2, 0.25) is 5.91 Å². The Morgan fingerprint density at radius 1 is 0.879 bits per heavy atom. The van der Waals surface area contributed by atoms with Crippen molar-refractivity contribution in [3.8, 4) is 0 Å². The molecule has 3 aromatic rings. The number of carbonyl (C=O) groups is 2. The average molecular weight is 444 g/mol. The summed E-state index contributed by atoms with van der Waals surface area (Å²) in [5.41, 5.74) is 9.69. The molecule has 33 heavy (non-hydrogen) atoms. The van der Waals surface area contributed by atoms with Crippen LogP contribution in [0.1, 0.15) is 28.2 Å². The van der Waals surface area contributed by atoms with Gasteiger partial charge in [0.1, 0.15) is 0 Å². The van der Waals surface area contributed by atoms with Crippen LogP contribution in [0.25, 0.3) is 0 Å². The zero-order chi connectivity index (χ0) is 23.5. The molecule has 0 saturated carbocycles. The molecule has 0 bridgehead atoms. The standard InChI is InChI=1S/C26H29N5O2/c1-28-26(33)31-25(27)30-18-21-12-8-11-20(15-21)17-29-24(32)23(22-13-6-3-7-14-22)16-19-9-4-2-5-10-19/h2-15,23H,16-18H2,1H3,(H,29,32)(H4,27,28,30,31,33). The SMILES string of the molecule is CNC(=O)NC(N)=NCc1cccc(CNC(=O)C(Cc2ccccc2)c2ccccc2)c1. The van der Waals surface area contributed by atoms with Gasteiger partial charge in [-0.3, -0.25) is 10.1 Å². The smallest absolute Gasteiger partial charge is 0.321 e. The van der Waals surface area contributed by atoms with Crippen LogP contribution in [0.2, 0.25) is 0 Å². The number of nitrogens with zero attached hydrogens (tertiary/aromatic N) is 1. The average Bonchev–Trinajstić information content (AvgIpc) is 2.86. The highest BCUT2D eigenvalue weighted by atomic mass is 16.2. The normalized spacial score (nSPS) is 12.0. The summed E-state index contributed by atoms with van der Waals surface area (Å²) < 4.78 is 0. The molecule has 3 amide bonds. The molecule has 0 aliphatic heterocycles. The summed E-state index contributed by atoms with van der Waals surface area (Å²) >= 11 is 0. The van der Waals surface area contributed by atoms with Crippen LogP contribution in [0.5, 0.6) is 0 Å². The van der Waals surface area contributed by atoms with Crippen molar-refractivity contribution in [3.05, 3.63) is 107 Å². The van der Waals surface area contributed by atoms with Crippen molar-refractivity contribution in [2.75, 3.05) is 7.05 Å². The largest absolute Gasteiger partial charge is 0.370 e. The van der Waals surface area contributed by atoms with E-state index in [4.69, 9.17) is 5.73 Å². The minimum Gasteiger partial charge on any atom is -0.370 e. The number of nitrogens with one attached hydrogen (secondary N) is 3. The predicted octanol–water partition coefficient (Wildman–Crippen LogP) is 3.07. The lowest BCUT2D eigenvalue weighted by Gasteiger charge is -2.18. The first-order chi connectivity index (χ1) is 16.0. The number of nitrogens with two attached hydrogens (primary N) is 1. The van der Waals surface area contributed by atoms with E-state index in [9.17, 15) is 9.59 Å². The molecule has 1 unspecified atom stereocenters. The number of benzene rings is 3. The summed E-state index contributed by atoms with van der Waals surface area (Å²) in [6.45, 7) is 0.721. The van der Waals surface area contributed by atoms with E-state index in [0.717, 1.165) is 22.3 Å². The van der Waals surface area contributed by atoms with Gasteiger partial charge in [-0.1, -0.05) is 84.9 Å². The molecule has 0 heterocycles. The Morgan fingerprint density at radius 2 is 1.52 bits per heavy atom. The van der Waals surface area contributed by atoms with Crippen LogP contribution < -0.4 is 21.7 Å². The summed E-state index contributed by atoms with van der Waals surface area (Å²) in [4.78, 5) is 28.6. The Morgan fingerprint density at radius 3 is 2.21 bits per heavy atom. The molecule has 7 heteroatoms. The summed E-state index contributed by atoms with van der Waals surface area (Å²) in [5.74, 6) is -0.260. The van der Waals surface area contributed by atoms with Crippen molar-refractivity contribution in [1.29, 1.82) is 0 Å². The number of carbonyl (C=O) groups excluding carboxylic acids is 2. The molecule has 3 aromatic carbocycles. The second-order valence-corrected chi connectivity index (χ2v) is 7.60. The van der Waals surface area contributed by atoms with Gasteiger partial charge >= 0.3 is 6.03 Å². The maximum absolute atomic E-state index is 13.2. The fourth-order valence-corrected chi connectivity index (χ4v) is 3.44. The van der Waals surface area contributed by atoms with E-state index in [-0.39, 0.29) is 17.8 Å². The van der Waals surface area contributed by atoms with Gasteiger partial charge in [-0.15, -0.1) is 0 Å². The molecule has 0 spiro atoms. The third-order valence-electron chi connectivity index (χ3n) is 5.16. The third-order valence-corrected chi connectivity index (χ3v) is 5.16. The van der Waals surface area contributed by atoms with E-state index in [1.807, 2.05) is 84.9 Å². The second kappa shape index (κ2) is 12.0. The number of hydrogen-bond acceptors (Lipinski definition) is 3. The van der Waals surface area contributed by atoms with Crippen LogP contribution in [0.3, 0.4) is 0 Å². The number of amides is 3. The van der Waals surface area contributed by atoms with Crippen LogP contribution in [0, 0.1) is 0 Å². The van der Waals surface area contributed by atoms with Crippen molar-refractivity contribution >= 4 is 17.9 Å². The molecule has 7 nitrogen and oxygen atoms in total. The van der Waals surface area contributed by atoms with Crippen LogP contribution in [0.4, 0.5) is 4.79 Å². The lowest BCUT2D eigenvalue weighted by Crippen LogP contribution is -2.41. The van der Waals surface area contributed by atoms with E-state index >= 15 is 0 Å². The zero-order valence-electron chi connectivity index (χ0n) is 18.6.